The van der Waals surface area contributed by atoms with Crippen LogP contribution in [0.25, 0.3) is 6.08 Å². The van der Waals surface area contributed by atoms with Gasteiger partial charge in [-0.05, 0) is 32.7 Å². The van der Waals surface area contributed by atoms with Gasteiger partial charge in [-0.15, -0.1) is 0 Å². The first kappa shape index (κ1) is 10.4. The zero-order valence-corrected chi connectivity index (χ0v) is 9.32. The summed E-state index contributed by atoms with van der Waals surface area (Å²) >= 11 is 0. The van der Waals surface area contributed by atoms with Crippen LogP contribution in [0.3, 0.4) is 0 Å². The summed E-state index contributed by atoms with van der Waals surface area (Å²) in [5, 5.41) is 7.71. The SMILES string of the molecule is CCn1cc(C=CCCNC2CC2)cn1. The minimum absolute atomic E-state index is 0.821. The first-order chi connectivity index (χ1) is 7.38. The molecule has 0 aromatic carbocycles. The van der Waals surface area contributed by atoms with Gasteiger partial charge in [-0.25, -0.2) is 0 Å². The first-order valence-electron chi connectivity index (χ1n) is 5.81. The van der Waals surface area contributed by atoms with E-state index >= 15 is 0 Å². The summed E-state index contributed by atoms with van der Waals surface area (Å²) in [4.78, 5) is 0. The lowest BCUT2D eigenvalue weighted by Gasteiger charge is -1.96. The summed E-state index contributed by atoms with van der Waals surface area (Å²) in [5.41, 5.74) is 1.20. The van der Waals surface area contributed by atoms with Crippen molar-refractivity contribution in [1.82, 2.24) is 15.1 Å². The van der Waals surface area contributed by atoms with Gasteiger partial charge >= 0.3 is 0 Å². The van der Waals surface area contributed by atoms with Crippen LogP contribution in [0.2, 0.25) is 0 Å². The molecular weight excluding hydrogens is 186 g/mol. The van der Waals surface area contributed by atoms with Crippen LogP contribution >= 0.6 is 0 Å². The van der Waals surface area contributed by atoms with Gasteiger partial charge in [0.05, 0.1) is 6.20 Å². The Labute approximate surface area is 91.2 Å². The molecule has 2 rings (SSSR count). The van der Waals surface area contributed by atoms with E-state index in [0.29, 0.717) is 0 Å². The molecule has 0 atom stereocenters. The first-order valence-corrected chi connectivity index (χ1v) is 5.81. The number of rotatable bonds is 6. The summed E-state index contributed by atoms with van der Waals surface area (Å²) in [5.74, 6) is 0. The Kier molecular flexibility index (Phi) is 3.56. The Bertz CT molecular complexity index is 323. The van der Waals surface area contributed by atoms with Gasteiger partial charge in [0.25, 0.3) is 0 Å². The highest BCUT2D eigenvalue weighted by atomic mass is 15.3. The molecule has 0 unspecified atom stereocenters. The average molecular weight is 205 g/mol. The molecule has 0 saturated heterocycles. The highest BCUT2D eigenvalue weighted by Crippen LogP contribution is 2.18. The van der Waals surface area contributed by atoms with Crippen molar-refractivity contribution in [3.8, 4) is 0 Å². The van der Waals surface area contributed by atoms with Gasteiger partial charge in [0.15, 0.2) is 0 Å². The number of hydrogen-bond donors (Lipinski definition) is 1. The van der Waals surface area contributed by atoms with Crippen LogP contribution in [0.15, 0.2) is 18.5 Å². The molecule has 1 aromatic rings. The second-order valence-electron chi connectivity index (χ2n) is 4.05. The molecule has 3 heteroatoms. The zero-order valence-electron chi connectivity index (χ0n) is 9.32. The maximum absolute atomic E-state index is 4.22. The van der Waals surface area contributed by atoms with E-state index in [1.54, 1.807) is 0 Å². The second-order valence-corrected chi connectivity index (χ2v) is 4.05. The third kappa shape index (κ3) is 3.51. The molecule has 0 aliphatic heterocycles. The van der Waals surface area contributed by atoms with Gasteiger partial charge < -0.3 is 5.32 Å². The molecule has 1 aliphatic carbocycles. The third-order valence-electron chi connectivity index (χ3n) is 2.61. The van der Waals surface area contributed by atoms with Crippen molar-refractivity contribution in [1.29, 1.82) is 0 Å². The van der Waals surface area contributed by atoms with Gasteiger partial charge in [-0.2, -0.15) is 5.10 Å². The quantitative estimate of drug-likeness (QED) is 0.720. The molecule has 1 aliphatic rings. The molecule has 1 heterocycles. The van der Waals surface area contributed by atoms with Crippen molar-refractivity contribution in [2.24, 2.45) is 0 Å². The number of aromatic nitrogens is 2. The minimum atomic E-state index is 0.821. The fourth-order valence-corrected chi connectivity index (χ4v) is 1.52. The van der Waals surface area contributed by atoms with Gasteiger partial charge in [-0.1, -0.05) is 12.2 Å². The van der Waals surface area contributed by atoms with E-state index in [1.165, 1.54) is 18.4 Å². The Balaban J connectivity index is 1.67. The Hall–Kier alpha value is -1.09. The fourth-order valence-electron chi connectivity index (χ4n) is 1.52. The van der Waals surface area contributed by atoms with Crippen molar-refractivity contribution in [2.75, 3.05) is 6.54 Å². The van der Waals surface area contributed by atoms with E-state index < -0.39 is 0 Å². The summed E-state index contributed by atoms with van der Waals surface area (Å²) < 4.78 is 1.95. The maximum Gasteiger partial charge on any atom is 0.0562 e. The zero-order chi connectivity index (χ0) is 10.5. The fraction of sp³-hybridized carbons (Fsp3) is 0.583. The van der Waals surface area contributed by atoms with Crippen molar-refractivity contribution in [3.63, 3.8) is 0 Å². The van der Waals surface area contributed by atoms with Crippen molar-refractivity contribution in [2.45, 2.75) is 38.8 Å². The number of nitrogens with one attached hydrogen (secondary N) is 1. The maximum atomic E-state index is 4.22. The summed E-state index contributed by atoms with van der Waals surface area (Å²) in [6.45, 7) is 4.14. The largest absolute Gasteiger partial charge is 0.314 e. The van der Waals surface area contributed by atoms with E-state index in [1.807, 2.05) is 10.9 Å². The summed E-state index contributed by atoms with van der Waals surface area (Å²) in [7, 11) is 0. The molecule has 0 radical (unpaired) electrons. The molecule has 1 fully saturated rings. The van der Waals surface area contributed by atoms with Crippen LogP contribution < -0.4 is 5.32 Å². The average Bonchev–Trinajstić information content (AvgIpc) is 2.96. The van der Waals surface area contributed by atoms with Crippen LogP contribution in [0.1, 0.15) is 31.7 Å². The molecule has 1 aromatic heterocycles. The van der Waals surface area contributed by atoms with E-state index in [4.69, 9.17) is 0 Å². The number of aryl methyl sites for hydroxylation is 1. The van der Waals surface area contributed by atoms with E-state index in [-0.39, 0.29) is 0 Å². The smallest absolute Gasteiger partial charge is 0.0562 e. The number of hydrogen-bond acceptors (Lipinski definition) is 2. The van der Waals surface area contributed by atoms with Gasteiger partial charge in [0.1, 0.15) is 0 Å². The molecule has 1 saturated carbocycles. The molecule has 3 nitrogen and oxygen atoms in total. The molecule has 1 N–H and O–H groups in total. The van der Waals surface area contributed by atoms with Crippen molar-refractivity contribution in [3.05, 3.63) is 24.0 Å². The second kappa shape index (κ2) is 5.12. The summed E-state index contributed by atoms with van der Waals surface area (Å²) in [6, 6.07) is 0.821. The highest BCUT2D eigenvalue weighted by molar-refractivity contribution is 5.46. The van der Waals surface area contributed by atoms with E-state index in [9.17, 15) is 0 Å². The van der Waals surface area contributed by atoms with Gasteiger partial charge in [0.2, 0.25) is 0 Å². The van der Waals surface area contributed by atoms with Gasteiger partial charge in [-0.3, -0.25) is 4.68 Å². The summed E-state index contributed by atoms with van der Waals surface area (Å²) in [6.07, 6.45) is 12.2. The predicted octanol–water partition coefficient (Wildman–Crippen LogP) is 2.06. The lowest BCUT2D eigenvalue weighted by molar-refractivity contribution is 0.660. The van der Waals surface area contributed by atoms with Crippen molar-refractivity contribution < 1.29 is 0 Å². The molecule has 0 bridgehead atoms. The van der Waals surface area contributed by atoms with E-state index in [0.717, 1.165) is 25.6 Å². The van der Waals surface area contributed by atoms with E-state index in [2.05, 4.69) is 35.7 Å². The third-order valence-corrected chi connectivity index (χ3v) is 2.61. The Morgan fingerprint density at radius 3 is 3.13 bits per heavy atom. The highest BCUT2D eigenvalue weighted by Gasteiger charge is 2.19. The molecule has 0 spiro atoms. The van der Waals surface area contributed by atoms with Crippen LogP contribution in [0, 0.1) is 0 Å². The minimum Gasteiger partial charge on any atom is -0.314 e. The van der Waals surface area contributed by atoms with Crippen LogP contribution in [0.5, 0.6) is 0 Å². The van der Waals surface area contributed by atoms with Crippen LogP contribution in [-0.4, -0.2) is 22.4 Å². The topological polar surface area (TPSA) is 29.9 Å². The molecular formula is C12H19N3. The monoisotopic (exact) mass is 205 g/mol. The van der Waals surface area contributed by atoms with Crippen LogP contribution in [-0.2, 0) is 6.54 Å². The van der Waals surface area contributed by atoms with Crippen molar-refractivity contribution >= 4 is 6.08 Å². The van der Waals surface area contributed by atoms with Crippen LogP contribution in [0.4, 0.5) is 0 Å². The number of nitrogens with zero attached hydrogens (tertiary/aromatic N) is 2. The molecule has 82 valence electrons. The normalized spacial score (nSPS) is 16.3. The molecule has 15 heavy (non-hydrogen) atoms. The Morgan fingerprint density at radius 2 is 2.47 bits per heavy atom. The lowest BCUT2D eigenvalue weighted by Crippen LogP contribution is -2.16. The predicted molar refractivity (Wildman–Crippen MR) is 62.6 cm³/mol. The van der Waals surface area contributed by atoms with Gasteiger partial charge in [0, 0.05) is 24.3 Å². The Morgan fingerprint density at radius 1 is 1.60 bits per heavy atom. The lowest BCUT2D eigenvalue weighted by atomic mass is 10.3. The molecule has 0 amide bonds. The standard InChI is InChI=1S/C12H19N3/c1-2-15-10-11(9-14-15)5-3-4-8-13-12-6-7-12/h3,5,9-10,12-13H,2,4,6-8H2,1H3.